The fraction of sp³-hybridized carbons (Fsp3) is 0.933. The van der Waals surface area contributed by atoms with Crippen molar-refractivity contribution in [3.05, 3.63) is 0 Å². The molecule has 2 saturated heterocycles. The number of rotatable bonds is 5. The first-order valence-electron chi connectivity index (χ1n) is 8.56. The Morgan fingerprint density at radius 3 is 2.48 bits per heavy atom. The van der Waals surface area contributed by atoms with Crippen molar-refractivity contribution in [2.24, 2.45) is 5.92 Å². The maximum absolute atomic E-state index is 11.9. The smallest absolute Gasteiger partial charge is 0.315 e. The van der Waals surface area contributed by atoms with Crippen molar-refractivity contribution < 1.29 is 13.2 Å². The number of piperidine rings is 2. The van der Waals surface area contributed by atoms with Crippen LogP contribution >= 0.6 is 0 Å². The average molecular weight is 346 g/mol. The largest absolute Gasteiger partial charge is 0.337 e. The number of nitrogens with zero attached hydrogens (tertiary/aromatic N) is 2. The zero-order valence-corrected chi connectivity index (χ0v) is 15.1. The van der Waals surface area contributed by atoms with Gasteiger partial charge in [-0.25, -0.2) is 17.5 Å². The molecule has 23 heavy (non-hydrogen) atoms. The van der Waals surface area contributed by atoms with Gasteiger partial charge in [-0.1, -0.05) is 6.92 Å². The molecule has 0 aromatic heterocycles. The summed E-state index contributed by atoms with van der Waals surface area (Å²) in [4.78, 5) is 14.3. The summed E-state index contributed by atoms with van der Waals surface area (Å²) in [6.07, 6.45) is 5.12. The van der Waals surface area contributed by atoms with Gasteiger partial charge in [-0.05, 0) is 38.1 Å². The summed E-state index contributed by atoms with van der Waals surface area (Å²) < 4.78 is 24.4. The lowest BCUT2D eigenvalue weighted by Gasteiger charge is -2.31. The van der Waals surface area contributed by atoms with E-state index in [1.165, 1.54) is 23.4 Å². The topological polar surface area (TPSA) is 81.8 Å². The van der Waals surface area contributed by atoms with Crippen molar-refractivity contribution in [1.29, 1.82) is 0 Å². The van der Waals surface area contributed by atoms with Crippen molar-refractivity contribution in [3.8, 4) is 0 Å². The highest BCUT2D eigenvalue weighted by atomic mass is 32.2. The van der Waals surface area contributed by atoms with Crippen molar-refractivity contribution in [3.63, 3.8) is 0 Å². The fourth-order valence-electron chi connectivity index (χ4n) is 3.39. The molecule has 1 atom stereocenters. The predicted octanol–water partition coefficient (Wildman–Crippen LogP) is 0.442. The quantitative estimate of drug-likeness (QED) is 0.757. The van der Waals surface area contributed by atoms with Crippen LogP contribution in [0.3, 0.4) is 0 Å². The molecule has 2 rings (SSSR count). The Morgan fingerprint density at radius 2 is 1.87 bits per heavy atom. The Bertz CT molecular complexity index is 489. The van der Waals surface area contributed by atoms with Crippen LogP contribution in [0, 0.1) is 5.92 Å². The Hall–Kier alpha value is -0.860. The first kappa shape index (κ1) is 18.5. The van der Waals surface area contributed by atoms with Gasteiger partial charge < -0.3 is 15.5 Å². The van der Waals surface area contributed by atoms with E-state index in [4.69, 9.17) is 0 Å². The lowest BCUT2D eigenvalue weighted by atomic mass is 10.0. The van der Waals surface area contributed by atoms with E-state index >= 15 is 0 Å². The van der Waals surface area contributed by atoms with Crippen LogP contribution in [0.25, 0.3) is 0 Å². The normalized spacial score (nSPS) is 25.2. The molecule has 0 unspecified atom stereocenters. The molecule has 0 aromatic carbocycles. The minimum Gasteiger partial charge on any atom is -0.337 e. The van der Waals surface area contributed by atoms with E-state index in [1.54, 1.807) is 0 Å². The summed E-state index contributed by atoms with van der Waals surface area (Å²) in [7, 11) is -3.11. The Balaban J connectivity index is 1.60. The molecule has 0 aromatic rings. The lowest BCUT2D eigenvalue weighted by molar-refractivity contribution is 0.183. The summed E-state index contributed by atoms with van der Waals surface area (Å²) in [5.41, 5.74) is 0. The van der Waals surface area contributed by atoms with Gasteiger partial charge in [0.05, 0.1) is 6.26 Å². The van der Waals surface area contributed by atoms with Gasteiger partial charge in [0.1, 0.15) is 0 Å². The van der Waals surface area contributed by atoms with Gasteiger partial charge >= 0.3 is 6.03 Å². The van der Waals surface area contributed by atoms with E-state index in [9.17, 15) is 13.2 Å². The first-order valence-corrected chi connectivity index (χ1v) is 10.4. The van der Waals surface area contributed by atoms with E-state index in [2.05, 4.69) is 22.5 Å². The van der Waals surface area contributed by atoms with Gasteiger partial charge in [0.15, 0.2) is 0 Å². The van der Waals surface area contributed by atoms with Crippen molar-refractivity contribution >= 4 is 16.1 Å². The van der Waals surface area contributed by atoms with Crippen LogP contribution in [0.4, 0.5) is 4.79 Å². The summed E-state index contributed by atoms with van der Waals surface area (Å²) in [6, 6.07) is -0.0872. The van der Waals surface area contributed by atoms with Gasteiger partial charge in [-0.15, -0.1) is 0 Å². The second-order valence-electron chi connectivity index (χ2n) is 6.88. The molecular weight excluding hydrogens is 316 g/mol. The highest BCUT2D eigenvalue weighted by Gasteiger charge is 2.25. The average Bonchev–Trinajstić information content (AvgIpc) is 2.47. The molecular formula is C15H30N4O3S. The molecule has 2 aliphatic heterocycles. The number of sulfonamides is 1. The molecule has 2 N–H and O–H groups in total. The molecule has 2 heterocycles. The van der Waals surface area contributed by atoms with Crippen LogP contribution in [0.1, 0.15) is 32.6 Å². The number of hydrogen-bond donors (Lipinski definition) is 2. The molecule has 2 amide bonds. The fourth-order valence-corrected chi connectivity index (χ4v) is 4.26. The van der Waals surface area contributed by atoms with E-state index in [0.717, 1.165) is 25.6 Å². The molecule has 8 heteroatoms. The zero-order valence-electron chi connectivity index (χ0n) is 14.3. The molecule has 0 aliphatic carbocycles. The van der Waals surface area contributed by atoms with Crippen LogP contribution in [-0.2, 0) is 10.0 Å². The molecule has 134 valence electrons. The summed E-state index contributed by atoms with van der Waals surface area (Å²) in [5.74, 6) is 0.748. The van der Waals surface area contributed by atoms with Gasteiger partial charge in [0.2, 0.25) is 10.0 Å². The molecule has 0 bridgehead atoms. The molecule has 7 nitrogen and oxygen atoms in total. The summed E-state index contributed by atoms with van der Waals surface area (Å²) in [5, 5.41) is 5.86. The van der Waals surface area contributed by atoms with Crippen molar-refractivity contribution in [2.45, 2.75) is 38.6 Å². The van der Waals surface area contributed by atoms with Crippen LogP contribution in [-0.4, -0.2) is 75.2 Å². The molecule has 0 saturated carbocycles. The minimum atomic E-state index is -3.11. The summed E-state index contributed by atoms with van der Waals surface area (Å²) in [6.45, 7) is 7.02. The van der Waals surface area contributed by atoms with Gasteiger partial charge in [-0.3, -0.25) is 0 Å². The monoisotopic (exact) mass is 346 g/mol. The second kappa shape index (κ2) is 8.30. The number of carbonyl (C=O) groups excluding carboxylic acids is 1. The third-order valence-electron chi connectivity index (χ3n) is 4.71. The lowest BCUT2D eigenvalue weighted by Crippen LogP contribution is -2.50. The molecule has 2 fully saturated rings. The zero-order chi connectivity index (χ0) is 16.9. The van der Waals surface area contributed by atoms with Crippen molar-refractivity contribution in [1.82, 2.24) is 19.8 Å². The number of carbonyl (C=O) groups is 1. The van der Waals surface area contributed by atoms with E-state index in [1.807, 2.05) is 0 Å². The standard InChI is InChI=1S/C15H30N4O3S/c1-13-4-3-8-18(12-13)11-7-16-15(20)17-14-5-9-19(10-6-14)23(2,21)22/h13-14H,3-12H2,1-2H3,(H2,16,17,20)/t13-/m0/s1. The Morgan fingerprint density at radius 1 is 1.17 bits per heavy atom. The maximum Gasteiger partial charge on any atom is 0.315 e. The number of amides is 2. The van der Waals surface area contributed by atoms with Gasteiger partial charge in [0, 0.05) is 38.8 Å². The second-order valence-corrected chi connectivity index (χ2v) is 8.87. The van der Waals surface area contributed by atoms with E-state index in [0.29, 0.717) is 32.5 Å². The van der Waals surface area contributed by atoms with E-state index in [-0.39, 0.29) is 12.1 Å². The van der Waals surface area contributed by atoms with Crippen molar-refractivity contribution in [2.75, 3.05) is 45.5 Å². The van der Waals surface area contributed by atoms with Crippen LogP contribution < -0.4 is 10.6 Å². The van der Waals surface area contributed by atoms with Crippen LogP contribution in [0.15, 0.2) is 0 Å². The molecule has 2 aliphatic rings. The SMILES string of the molecule is C[C@H]1CCCN(CCNC(=O)NC2CCN(S(C)(=O)=O)CC2)C1. The third kappa shape index (κ3) is 6.27. The Labute approximate surface area is 139 Å². The number of likely N-dealkylation sites (tertiary alicyclic amines) is 1. The highest BCUT2D eigenvalue weighted by molar-refractivity contribution is 7.88. The highest BCUT2D eigenvalue weighted by Crippen LogP contribution is 2.15. The van der Waals surface area contributed by atoms with Crippen LogP contribution in [0.5, 0.6) is 0 Å². The van der Waals surface area contributed by atoms with Gasteiger partial charge in [-0.2, -0.15) is 0 Å². The number of hydrogen-bond acceptors (Lipinski definition) is 4. The maximum atomic E-state index is 11.9. The third-order valence-corrected chi connectivity index (χ3v) is 6.02. The number of nitrogens with one attached hydrogen (secondary N) is 2. The van der Waals surface area contributed by atoms with E-state index < -0.39 is 10.0 Å². The molecule has 0 spiro atoms. The number of urea groups is 1. The molecule has 0 radical (unpaired) electrons. The minimum absolute atomic E-state index is 0.0583. The van der Waals surface area contributed by atoms with Crippen LogP contribution in [0.2, 0.25) is 0 Å². The summed E-state index contributed by atoms with van der Waals surface area (Å²) >= 11 is 0. The Kier molecular flexibility index (Phi) is 6.67. The predicted molar refractivity (Wildman–Crippen MR) is 90.8 cm³/mol. The first-order chi connectivity index (χ1) is 10.8. The van der Waals surface area contributed by atoms with Gasteiger partial charge in [0.25, 0.3) is 0 Å².